The third-order valence-corrected chi connectivity index (χ3v) is 5.45. The smallest absolute Gasteiger partial charge is 0.233 e. The van der Waals surface area contributed by atoms with E-state index in [0.717, 1.165) is 19.3 Å². The highest BCUT2D eigenvalue weighted by Gasteiger charge is 2.61. The van der Waals surface area contributed by atoms with Gasteiger partial charge in [-0.3, -0.25) is 14.5 Å². The summed E-state index contributed by atoms with van der Waals surface area (Å²) in [6, 6.07) is -0.193. The minimum absolute atomic E-state index is 0.0377. The number of hydrogen-bond acceptors (Lipinski definition) is 3. The summed E-state index contributed by atoms with van der Waals surface area (Å²) in [5.74, 6) is 1.05. The van der Waals surface area contributed by atoms with Gasteiger partial charge in [0.2, 0.25) is 11.8 Å². The third kappa shape index (κ3) is 3.62. The Labute approximate surface area is 145 Å². The van der Waals surface area contributed by atoms with Gasteiger partial charge in [-0.2, -0.15) is 0 Å². The Morgan fingerprint density at radius 3 is 2.12 bits per heavy atom. The van der Waals surface area contributed by atoms with Crippen molar-refractivity contribution in [1.82, 2.24) is 4.90 Å². The van der Waals surface area contributed by atoms with Crippen LogP contribution >= 0.6 is 0 Å². The molecule has 4 nitrogen and oxygen atoms in total. The summed E-state index contributed by atoms with van der Waals surface area (Å²) in [6.07, 6.45) is 9.54. The van der Waals surface area contributed by atoms with Crippen molar-refractivity contribution in [2.45, 2.75) is 72.3 Å². The Balaban J connectivity index is 0.000000647. The van der Waals surface area contributed by atoms with Crippen LogP contribution in [0.25, 0.3) is 0 Å². The first-order valence-corrected chi connectivity index (χ1v) is 9.45. The second-order valence-electron chi connectivity index (χ2n) is 7.55. The molecule has 5 atom stereocenters. The fourth-order valence-electron chi connectivity index (χ4n) is 4.50. The number of amides is 2. The molecule has 0 aromatic carbocycles. The Morgan fingerprint density at radius 2 is 1.67 bits per heavy atom. The van der Waals surface area contributed by atoms with E-state index in [2.05, 4.69) is 13.8 Å². The largest absolute Gasteiger partial charge is 0.300 e. The second kappa shape index (κ2) is 8.09. The lowest BCUT2D eigenvalue weighted by atomic mass is 9.81. The maximum absolute atomic E-state index is 12.6. The zero-order chi connectivity index (χ0) is 17.9. The summed E-state index contributed by atoms with van der Waals surface area (Å²) in [5, 5.41) is 0. The lowest BCUT2D eigenvalue weighted by molar-refractivity contribution is -0.142. The van der Waals surface area contributed by atoms with Crippen molar-refractivity contribution in [3.8, 4) is 0 Å². The third-order valence-electron chi connectivity index (χ3n) is 5.45. The molecule has 1 heterocycles. The van der Waals surface area contributed by atoms with Crippen LogP contribution in [0.4, 0.5) is 0 Å². The standard InChI is InChI=1S/C17H23NO3.C3H8/c1-10(5-3-4-6-11(2)19)18-16(20)14-12-7-8-13(9-12)15(14)17(18)21;1-3-2/h3,5,10,12-15H,4,6-9H2,1-2H3;3H2,1-2H3/b5-3-;. The van der Waals surface area contributed by atoms with E-state index in [0.29, 0.717) is 24.7 Å². The highest BCUT2D eigenvalue weighted by molar-refractivity contribution is 6.06. The van der Waals surface area contributed by atoms with Crippen molar-refractivity contribution in [3.05, 3.63) is 12.2 Å². The molecule has 0 N–H and O–H groups in total. The summed E-state index contributed by atoms with van der Waals surface area (Å²) in [7, 11) is 0. The quantitative estimate of drug-likeness (QED) is 0.569. The molecular weight excluding hydrogens is 302 g/mol. The van der Waals surface area contributed by atoms with Crippen LogP contribution < -0.4 is 0 Å². The Hall–Kier alpha value is -1.45. The van der Waals surface area contributed by atoms with Crippen molar-refractivity contribution >= 4 is 17.6 Å². The van der Waals surface area contributed by atoms with E-state index in [4.69, 9.17) is 0 Å². The Morgan fingerprint density at radius 1 is 1.17 bits per heavy atom. The minimum atomic E-state index is -0.193. The lowest BCUT2D eigenvalue weighted by Crippen LogP contribution is -2.39. The molecule has 2 amide bonds. The molecule has 3 rings (SSSR count). The summed E-state index contributed by atoms with van der Waals surface area (Å²) < 4.78 is 0. The first kappa shape index (κ1) is 18.9. The van der Waals surface area contributed by atoms with E-state index in [9.17, 15) is 14.4 Å². The molecule has 0 spiro atoms. The predicted molar refractivity (Wildman–Crippen MR) is 94.1 cm³/mol. The van der Waals surface area contributed by atoms with Crippen LogP contribution in [0.2, 0.25) is 0 Å². The predicted octanol–water partition coefficient (Wildman–Crippen LogP) is 3.75. The molecule has 134 valence electrons. The highest BCUT2D eigenvalue weighted by Crippen LogP contribution is 2.56. The molecule has 5 unspecified atom stereocenters. The summed E-state index contributed by atoms with van der Waals surface area (Å²) in [5.41, 5.74) is 0. The fraction of sp³-hybridized carbons (Fsp3) is 0.750. The number of imide groups is 1. The van der Waals surface area contributed by atoms with Crippen molar-refractivity contribution < 1.29 is 14.4 Å². The first-order chi connectivity index (χ1) is 11.4. The molecule has 1 aliphatic heterocycles. The van der Waals surface area contributed by atoms with E-state index in [1.807, 2.05) is 19.1 Å². The SMILES string of the molecule is CC(=O)CC/C=C\C(C)N1C(=O)C2C3CCC(C3)C2C1=O.CCC. The fourth-order valence-corrected chi connectivity index (χ4v) is 4.50. The number of Topliss-reactive ketones (excluding diaryl/α,β-unsaturated/α-hetero) is 1. The van der Waals surface area contributed by atoms with Gasteiger partial charge in [-0.1, -0.05) is 32.4 Å². The van der Waals surface area contributed by atoms with E-state index in [-0.39, 0.29) is 35.5 Å². The molecule has 24 heavy (non-hydrogen) atoms. The molecule has 0 radical (unpaired) electrons. The van der Waals surface area contributed by atoms with Crippen LogP contribution in [-0.2, 0) is 14.4 Å². The molecule has 4 heteroatoms. The van der Waals surface area contributed by atoms with E-state index >= 15 is 0 Å². The van der Waals surface area contributed by atoms with Crippen molar-refractivity contribution in [3.63, 3.8) is 0 Å². The van der Waals surface area contributed by atoms with Gasteiger partial charge in [-0.25, -0.2) is 0 Å². The molecule has 1 saturated heterocycles. The Kier molecular flexibility index (Phi) is 6.36. The van der Waals surface area contributed by atoms with E-state index < -0.39 is 0 Å². The normalized spacial score (nSPS) is 32.1. The van der Waals surface area contributed by atoms with Crippen LogP contribution in [-0.4, -0.2) is 28.5 Å². The van der Waals surface area contributed by atoms with Crippen LogP contribution in [0.5, 0.6) is 0 Å². The van der Waals surface area contributed by atoms with Crippen LogP contribution in [0, 0.1) is 23.7 Å². The number of hydrogen-bond donors (Lipinski definition) is 0. The van der Waals surface area contributed by atoms with Gasteiger partial charge in [0.15, 0.2) is 0 Å². The lowest BCUT2D eigenvalue weighted by Gasteiger charge is -2.22. The van der Waals surface area contributed by atoms with Crippen LogP contribution in [0.3, 0.4) is 0 Å². The topological polar surface area (TPSA) is 54.5 Å². The molecule has 2 aliphatic carbocycles. The molecule has 2 bridgehead atoms. The number of allylic oxidation sites excluding steroid dienone is 1. The number of fused-ring (bicyclic) bond motifs is 5. The van der Waals surface area contributed by atoms with E-state index in [1.54, 1.807) is 6.92 Å². The molecule has 0 aromatic heterocycles. The van der Waals surface area contributed by atoms with Gasteiger partial charge in [0.25, 0.3) is 0 Å². The number of likely N-dealkylation sites (tertiary alicyclic amines) is 1. The molecule has 3 aliphatic rings. The number of nitrogens with zero attached hydrogens (tertiary/aromatic N) is 1. The summed E-state index contributed by atoms with van der Waals surface area (Å²) in [4.78, 5) is 37.6. The Bertz CT molecular complexity index is 497. The molecule has 3 fully saturated rings. The number of ketones is 1. The number of carbonyl (C=O) groups excluding carboxylic acids is 3. The first-order valence-electron chi connectivity index (χ1n) is 9.45. The summed E-state index contributed by atoms with van der Waals surface area (Å²) in [6.45, 7) is 7.71. The molecular formula is C20H31NO3. The van der Waals surface area contributed by atoms with Crippen LogP contribution in [0.15, 0.2) is 12.2 Å². The second-order valence-corrected chi connectivity index (χ2v) is 7.55. The highest BCUT2D eigenvalue weighted by atomic mass is 16.2. The van der Waals surface area contributed by atoms with Crippen molar-refractivity contribution in [2.24, 2.45) is 23.7 Å². The summed E-state index contributed by atoms with van der Waals surface area (Å²) >= 11 is 0. The maximum Gasteiger partial charge on any atom is 0.233 e. The van der Waals surface area contributed by atoms with E-state index in [1.165, 1.54) is 11.3 Å². The maximum atomic E-state index is 12.6. The molecule has 2 saturated carbocycles. The van der Waals surface area contributed by atoms with Crippen molar-refractivity contribution in [2.75, 3.05) is 0 Å². The van der Waals surface area contributed by atoms with Crippen LogP contribution in [0.1, 0.15) is 66.2 Å². The zero-order valence-corrected chi connectivity index (χ0v) is 15.5. The van der Waals surface area contributed by atoms with Gasteiger partial charge in [-0.15, -0.1) is 0 Å². The zero-order valence-electron chi connectivity index (χ0n) is 15.5. The monoisotopic (exact) mass is 333 g/mol. The van der Waals surface area contributed by atoms with Gasteiger partial charge >= 0.3 is 0 Å². The van der Waals surface area contributed by atoms with Crippen molar-refractivity contribution in [1.29, 1.82) is 0 Å². The molecule has 0 aromatic rings. The minimum Gasteiger partial charge on any atom is -0.300 e. The van der Waals surface area contributed by atoms with Gasteiger partial charge < -0.3 is 4.79 Å². The van der Waals surface area contributed by atoms with Gasteiger partial charge in [0.05, 0.1) is 17.9 Å². The average Bonchev–Trinajstić information content (AvgIpc) is 3.18. The van der Waals surface area contributed by atoms with Gasteiger partial charge in [0, 0.05) is 6.42 Å². The number of rotatable bonds is 5. The van der Waals surface area contributed by atoms with Gasteiger partial charge in [0.1, 0.15) is 5.78 Å². The average molecular weight is 333 g/mol. The number of carbonyl (C=O) groups is 3. The van der Waals surface area contributed by atoms with Gasteiger partial charge in [-0.05, 0) is 51.4 Å².